The van der Waals surface area contributed by atoms with Crippen LogP contribution in [0.2, 0.25) is 0 Å². The Morgan fingerprint density at radius 1 is 0.865 bits per heavy atom. The van der Waals surface area contributed by atoms with Crippen LogP contribution < -0.4 is 15.5 Å². The van der Waals surface area contributed by atoms with Gasteiger partial charge in [-0.05, 0) is 50.2 Å². The topological polar surface area (TPSA) is 102 Å². The molecule has 0 unspecified atom stereocenters. The molecule has 2 saturated heterocycles. The fraction of sp³-hybridized carbons (Fsp3) is 0.444. The lowest BCUT2D eigenvalue weighted by atomic mass is 10.2. The summed E-state index contributed by atoms with van der Waals surface area (Å²) in [6.07, 6.45) is 4.94. The highest BCUT2D eigenvalue weighted by Gasteiger charge is 2.21. The molecular formula is C27H35N9O. The lowest BCUT2D eigenvalue weighted by Crippen LogP contribution is -2.49. The first kappa shape index (κ1) is 25.0. The van der Waals surface area contributed by atoms with E-state index >= 15 is 0 Å². The molecule has 10 heteroatoms. The predicted octanol–water partition coefficient (Wildman–Crippen LogP) is 3.04. The summed E-state index contributed by atoms with van der Waals surface area (Å²) in [6.45, 7) is 10.7. The molecule has 0 aliphatic carbocycles. The van der Waals surface area contributed by atoms with E-state index in [1.165, 1.54) is 32.5 Å². The van der Waals surface area contributed by atoms with E-state index in [4.69, 9.17) is 9.97 Å². The molecule has 0 saturated carbocycles. The number of carbonyl (C=O) groups excluding carboxylic acids is 1. The van der Waals surface area contributed by atoms with Crippen molar-refractivity contribution in [3.63, 3.8) is 0 Å². The smallest absolute Gasteiger partial charge is 0.257 e. The van der Waals surface area contributed by atoms with E-state index in [9.17, 15) is 4.79 Å². The molecule has 0 bridgehead atoms. The molecule has 194 valence electrons. The Hall–Kier alpha value is -3.63. The third-order valence-electron chi connectivity index (χ3n) is 6.87. The molecule has 2 aliphatic heterocycles. The van der Waals surface area contributed by atoms with Crippen LogP contribution in [0.15, 0.2) is 48.7 Å². The van der Waals surface area contributed by atoms with Gasteiger partial charge in [0.05, 0.1) is 5.56 Å². The Kier molecular flexibility index (Phi) is 8.17. The number of hydrogen-bond donors (Lipinski definition) is 2. The third-order valence-corrected chi connectivity index (χ3v) is 6.87. The molecule has 0 atom stereocenters. The molecule has 1 aromatic carbocycles. The molecule has 4 heterocycles. The summed E-state index contributed by atoms with van der Waals surface area (Å²) in [5, 5.41) is 6.05. The Balaban J connectivity index is 1.18. The standard InChI is InChI=1S/C27H35N9O/c1-2-23-30-26(31-24-11-10-21(20-28-24)25(37)29-22-8-4-3-5-9-22)33-27(32-23)36-18-16-35(17-19-36)15-14-34-12-6-7-13-34/h3-5,8-11,20H,2,6-7,12-19H2,1H3,(H,29,37)(H,28,30,31,32,33). The number of pyridine rings is 1. The molecule has 37 heavy (non-hydrogen) atoms. The van der Waals surface area contributed by atoms with Gasteiger partial charge in [-0.25, -0.2) is 4.98 Å². The molecule has 10 nitrogen and oxygen atoms in total. The highest BCUT2D eigenvalue weighted by molar-refractivity contribution is 6.04. The van der Waals surface area contributed by atoms with E-state index < -0.39 is 0 Å². The number of anilines is 4. The van der Waals surface area contributed by atoms with E-state index in [0.29, 0.717) is 29.7 Å². The van der Waals surface area contributed by atoms with Crippen molar-refractivity contribution in [2.45, 2.75) is 26.2 Å². The third kappa shape index (κ3) is 6.78. The van der Waals surface area contributed by atoms with Crippen LogP contribution in [0.1, 0.15) is 35.9 Å². The van der Waals surface area contributed by atoms with Crippen LogP contribution in [0.3, 0.4) is 0 Å². The van der Waals surface area contributed by atoms with Gasteiger partial charge < -0.3 is 20.4 Å². The van der Waals surface area contributed by atoms with Gasteiger partial charge in [0.15, 0.2) is 0 Å². The molecule has 2 N–H and O–H groups in total. The first-order valence-electron chi connectivity index (χ1n) is 13.2. The molecule has 5 rings (SSSR count). The summed E-state index contributed by atoms with van der Waals surface area (Å²) in [6, 6.07) is 12.9. The minimum atomic E-state index is -0.208. The van der Waals surface area contributed by atoms with Crippen LogP contribution in [-0.2, 0) is 6.42 Å². The number of piperazine rings is 1. The van der Waals surface area contributed by atoms with E-state index in [-0.39, 0.29) is 5.91 Å². The van der Waals surface area contributed by atoms with Gasteiger partial charge in [0.2, 0.25) is 11.9 Å². The van der Waals surface area contributed by atoms with Crippen LogP contribution in [0.4, 0.5) is 23.4 Å². The number of carbonyl (C=O) groups is 1. The van der Waals surface area contributed by atoms with Crippen LogP contribution in [0, 0.1) is 0 Å². The fourth-order valence-corrected chi connectivity index (χ4v) is 4.66. The fourth-order valence-electron chi connectivity index (χ4n) is 4.66. The van der Waals surface area contributed by atoms with Gasteiger partial charge in [0, 0.05) is 57.6 Å². The summed E-state index contributed by atoms with van der Waals surface area (Å²) in [7, 11) is 0. The van der Waals surface area contributed by atoms with E-state index in [1.54, 1.807) is 18.3 Å². The highest BCUT2D eigenvalue weighted by Crippen LogP contribution is 2.18. The lowest BCUT2D eigenvalue weighted by molar-refractivity contribution is 0.102. The average Bonchev–Trinajstić information content (AvgIpc) is 3.47. The normalized spacial score (nSPS) is 16.6. The first-order valence-corrected chi connectivity index (χ1v) is 13.2. The van der Waals surface area contributed by atoms with Gasteiger partial charge in [-0.3, -0.25) is 9.69 Å². The minimum Gasteiger partial charge on any atom is -0.338 e. The summed E-state index contributed by atoms with van der Waals surface area (Å²) in [5.74, 6) is 2.27. The number of hydrogen-bond acceptors (Lipinski definition) is 9. The summed E-state index contributed by atoms with van der Waals surface area (Å²) in [5.41, 5.74) is 1.22. The van der Waals surface area contributed by atoms with Crippen molar-refractivity contribution >= 4 is 29.3 Å². The zero-order chi connectivity index (χ0) is 25.5. The molecule has 0 spiro atoms. The zero-order valence-electron chi connectivity index (χ0n) is 21.4. The van der Waals surface area contributed by atoms with E-state index in [0.717, 1.165) is 44.2 Å². The van der Waals surface area contributed by atoms with Crippen molar-refractivity contribution in [1.82, 2.24) is 29.7 Å². The monoisotopic (exact) mass is 501 g/mol. The van der Waals surface area contributed by atoms with Crippen molar-refractivity contribution in [2.75, 3.05) is 67.9 Å². The van der Waals surface area contributed by atoms with Crippen molar-refractivity contribution in [3.05, 3.63) is 60.0 Å². The van der Waals surface area contributed by atoms with Gasteiger partial charge in [-0.15, -0.1) is 0 Å². The second-order valence-corrected chi connectivity index (χ2v) is 9.48. The average molecular weight is 502 g/mol. The molecule has 2 aliphatic rings. The van der Waals surface area contributed by atoms with Crippen molar-refractivity contribution < 1.29 is 4.79 Å². The zero-order valence-corrected chi connectivity index (χ0v) is 21.4. The summed E-state index contributed by atoms with van der Waals surface area (Å²) >= 11 is 0. The largest absolute Gasteiger partial charge is 0.338 e. The number of nitrogens with zero attached hydrogens (tertiary/aromatic N) is 7. The number of aryl methyl sites for hydroxylation is 1. The van der Waals surface area contributed by atoms with Crippen molar-refractivity contribution in [1.29, 1.82) is 0 Å². The molecule has 2 fully saturated rings. The first-order chi connectivity index (χ1) is 18.2. The van der Waals surface area contributed by atoms with Gasteiger partial charge in [0.1, 0.15) is 11.6 Å². The van der Waals surface area contributed by atoms with Crippen LogP contribution in [-0.4, -0.2) is 88.0 Å². The quantitative estimate of drug-likeness (QED) is 0.458. The number of aromatic nitrogens is 4. The number of para-hydroxylation sites is 1. The number of amides is 1. The van der Waals surface area contributed by atoms with Gasteiger partial charge in [-0.1, -0.05) is 25.1 Å². The molecule has 3 aromatic rings. The number of nitrogens with one attached hydrogen (secondary N) is 2. The maximum absolute atomic E-state index is 12.5. The van der Waals surface area contributed by atoms with Gasteiger partial charge >= 0.3 is 0 Å². The van der Waals surface area contributed by atoms with E-state index in [1.807, 2.05) is 37.3 Å². The Morgan fingerprint density at radius 3 is 2.27 bits per heavy atom. The van der Waals surface area contributed by atoms with Crippen molar-refractivity contribution in [2.24, 2.45) is 0 Å². The summed E-state index contributed by atoms with van der Waals surface area (Å²) < 4.78 is 0. The second kappa shape index (κ2) is 12.1. The molecule has 0 radical (unpaired) electrons. The maximum Gasteiger partial charge on any atom is 0.257 e. The van der Waals surface area contributed by atoms with Gasteiger partial charge in [0.25, 0.3) is 5.91 Å². The van der Waals surface area contributed by atoms with Crippen LogP contribution >= 0.6 is 0 Å². The van der Waals surface area contributed by atoms with Crippen LogP contribution in [0.25, 0.3) is 0 Å². The number of benzene rings is 1. The van der Waals surface area contributed by atoms with Crippen LogP contribution in [0.5, 0.6) is 0 Å². The van der Waals surface area contributed by atoms with E-state index in [2.05, 4.69) is 35.3 Å². The predicted molar refractivity (Wildman–Crippen MR) is 145 cm³/mol. The molecular weight excluding hydrogens is 466 g/mol. The van der Waals surface area contributed by atoms with Crippen molar-refractivity contribution in [3.8, 4) is 0 Å². The second-order valence-electron chi connectivity index (χ2n) is 9.48. The Labute approximate surface area is 218 Å². The SMILES string of the molecule is CCc1nc(Nc2ccc(C(=O)Nc3ccccc3)cn2)nc(N2CCN(CCN3CCCC3)CC2)n1. The summed E-state index contributed by atoms with van der Waals surface area (Å²) in [4.78, 5) is 38.2. The number of rotatable bonds is 9. The van der Waals surface area contributed by atoms with Gasteiger partial charge in [-0.2, -0.15) is 15.0 Å². The highest BCUT2D eigenvalue weighted by atomic mass is 16.1. The Bertz CT molecular complexity index is 1160. The molecule has 1 amide bonds. The number of likely N-dealkylation sites (tertiary alicyclic amines) is 1. The minimum absolute atomic E-state index is 0.208. The Morgan fingerprint density at radius 2 is 1.59 bits per heavy atom. The maximum atomic E-state index is 12.5. The molecule has 2 aromatic heterocycles. The lowest BCUT2D eigenvalue weighted by Gasteiger charge is -2.35.